The van der Waals surface area contributed by atoms with Crippen molar-refractivity contribution in [1.29, 1.82) is 0 Å². The molecule has 124 valence electrons. The van der Waals surface area contributed by atoms with E-state index in [0.717, 1.165) is 16.3 Å². The van der Waals surface area contributed by atoms with E-state index in [-0.39, 0.29) is 10.3 Å². The second-order valence-corrected chi connectivity index (χ2v) is 6.12. The summed E-state index contributed by atoms with van der Waals surface area (Å²) in [5.74, 6) is -1.57. The number of hydrogen-bond acceptors (Lipinski definition) is 5. The number of alkyl halides is 3. The Morgan fingerprint density at radius 3 is 2.70 bits per heavy atom. The summed E-state index contributed by atoms with van der Waals surface area (Å²) in [6, 6.07) is 3.16. The summed E-state index contributed by atoms with van der Waals surface area (Å²) in [5.41, 5.74) is 0.320. The fourth-order valence-electron chi connectivity index (χ4n) is 1.59. The zero-order valence-electron chi connectivity index (χ0n) is 11.9. The molecule has 0 radical (unpaired) electrons. The molecule has 0 bridgehead atoms. The third kappa shape index (κ3) is 4.14. The van der Waals surface area contributed by atoms with Crippen molar-refractivity contribution in [2.45, 2.75) is 23.5 Å². The molecular weight excluding hydrogens is 355 g/mol. The maximum Gasteiger partial charge on any atom is 0.451 e. The standard InChI is InChI=1S/C12H11ClF3N5OS/c1-6(9(22)18-7-4-3-5-17-8(7)13)23-11-20-19-10(21(11)2)12(14,15)16/h3-6H,1-2H3,(H,18,22)/t6-/m0/s1. The van der Waals surface area contributed by atoms with Gasteiger partial charge >= 0.3 is 6.18 Å². The van der Waals surface area contributed by atoms with E-state index in [0.29, 0.717) is 5.69 Å². The molecule has 0 aliphatic heterocycles. The summed E-state index contributed by atoms with van der Waals surface area (Å²) in [7, 11) is 1.19. The fourth-order valence-corrected chi connectivity index (χ4v) is 2.57. The van der Waals surface area contributed by atoms with E-state index < -0.39 is 23.2 Å². The molecule has 0 saturated carbocycles. The lowest BCUT2D eigenvalue weighted by atomic mass is 10.4. The molecule has 0 unspecified atom stereocenters. The Morgan fingerprint density at radius 1 is 1.43 bits per heavy atom. The van der Waals surface area contributed by atoms with Crippen molar-refractivity contribution in [1.82, 2.24) is 19.7 Å². The Balaban J connectivity index is 2.07. The van der Waals surface area contributed by atoms with Crippen LogP contribution in [0.15, 0.2) is 23.5 Å². The summed E-state index contributed by atoms with van der Waals surface area (Å²) in [5, 5.41) is 8.51. The molecule has 2 rings (SSSR count). The summed E-state index contributed by atoms with van der Waals surface area (Å²) in [6.07, 6.45) is -3.14. The summed E-state index contributed by atoms with van der Waals surface area (Å²) in [6.45, 7) is 1.53. The predicted octanol–water partition coefficient (Wildman–Crippen LogP) is 3.00. The van der Waals surface area contributed by atoms with Gasteiger partial charge in [0, 0.05) is 13.2 Å². The first kappa shape index (κ1) is 17.5. The van der Waals surface area contributed by atoms with Gasteiger partial charge in [0.2, 0.25) is 11.7 Å². The van der Waals surface area contributed by atoms with Crippen molar-refractivity contribution in [2.75, 3.05) is 5.32 Å². The van der Waals surface area contributed by atoms with Crippen LogP contribution in [0.2, 0.25) is 5.15 Å². The molecule has 11 heteroatoms. The molecule has 2 aromatic heterocycles. The lowest BCUT2D eigenvalue weighted by Crippen LogP contribution is -2.23. The molecule has 1 atom stereocenters. The minimum atomic E-state index is -4.60. The van der Waals surface area contributed by atoms with Gasteiger partial charge in [-0.25, -0.2) is 4.98 Å². The average molecular weight is 366 g/mol. The van der Waals surface area contributed by atoms with Gasteiger partial charge in [-0.3, -0.25) is 4.79 Å². The topological polar surface area (TPSA) is 72.7 Å². The van der Waals surface area contributed by atoms with E-state index in [1.165, 1.54) is 20.2 Å². The van der Waals surface area contributed by atoms with E-state index >= 15 is 0 Å². The smallest absolute Gasteiger partial charge is 0.322 e. The van der Waals surface area contributed by atoms with Crippen molar-refractivity contribution in [3.8, 4) is 0 Å². The van der Waals surface area contributed by atoms with Crippen LogP contribution in [-0.2, 0) is 18.0 Å². The molecule has 23 heavy (non-hydrogen) atoms. The Morgan fingerprint density at radius 2 is 2.13 bits per heavy atom. The Kier molecular flexibility index (Phi) is 5.15. The van der Waals surface area contributed by atoms with Gasteiger partial charge in [0.1, 0.15) is 0 Å². The number of carbonyl (C=O) groups excluding carboxylic acids is 1. The maximum atomic E-state index is 12.7. The molecule has 0 saturated heterocycles. The molecule has 0 spiro atoms. The number of hydrogen-bond donors (Lipinski definition) is 1. The van der Waals surface area contributed by atoms with Gasteiger partial charge in [-0.15, -0.1) is 10.2 Å². The largest absolute Gasteiger partial charge is 0.451 e. The number of halogens is 4. The Labute approximate surface area is 138 Å². The van der Waals surface area contributed by atoms with Crippen LogP contribution in [0, 0.1) is 0 Å². The molecule has 1 amide bonds. The molecule has 0 fully saturated rings. The molecule has 6 nitrogen and oxygen atoms in total. The highest BCUT2D eigenvalue weighted by Gasteiger charge is 2.37. The number of nitrogens with one attached hydrogen (secondary N) is 1. The highest BCUT2D eigenvalue weighted by molar-refractivity contribution is 8.00. The third-order valence-electron chi connectivity index (χ3n) is 2.76. The van der Waals surface area contributed by atoms with Crippen molar-refractivity contribution >= 4 is 35.0 Å². The highest BCUT2D eigenvalue weighted by Crippen LogP contribution is 2.31. The van der Waals surface area contributed by atoms with E-state index in [4.69, 9.17) is 11.6 Å². The van der Waals surface area contributed by atoms with E-state index in [2.05, 4.69) is 20.5 Å². The van der Waals surface area contributed by atoms with Crippen molar-refractivity contribution in [3.63, 3.8) is 0 Å². The number of pyridine rings is 1. The van der Waals surface area contributed by atoms with Crippen molar-refractivity contribution < 1.29 is 18.0 Å². The number of aromatic nitrogens is 4. The number of rotatable bonds is 4. The second kappa shape index (κ2) is 6.75. The van der Waals surface area contributed by atoms with Gasteiger partial charge in [0.05, 0.1) is 10.9 Å². The molecule has 1 N–H and O–H groups in total. The Hall–Kier alpha value is -1.81. The van der Waals surface area contributed by atoms with Gasteiger partial charge in [-0.05, 0) is 19.1 Å². The number of nitrogens with zero attached hydrogens (tertiary/aromatic N) is 4. The zero-order valence-corrected chi connectivity index (χ0v) is 13.5. The van der Waals surface area contributed by atoms with Gasteiger partial charge in [0.15, 0.2) is 10.3 Å². The molecule has 0 aromatic carbocycles. The number of thioether (sulfide) groups is 1. The van der Waals surface area contributed by atoms with Crippen LogP contribution < -0.4 is 5.32 Å². The summed E-state index contributed by atoms with van der Waals surface area (Å²) >= 11 is 6.68. The molecule has 2 aromatic rings. The van der Waals surface area contributed by atoms with Crippen LogP contribution in [0.5, 0.6) is 0 Å². The number of carbonyl (C=O) groups is 1. The highest BCUT2D eigenvalue weighted by atomic mass is 35.5. The van der Waals surface area contributed by atoms with Gasteiger partial charge in [-0.2, -0.15) is 13.2 Å². The van der Waals surface area contributed by atoms with E-state index in [1.54, 1.807) is 12.1 Å². The van der Waals surface area contributed by atoms with Gasteiger partial charge in [-0.1, -0.05) is 23.4 Å². The lowest BCUT2D eigenvalue weighted by Gasteiger charge is -2.12. The van der Waals surface area contributed by atoms with Crippen LogP contribution in [0.3, 0.4) is 0 Å². The molecular formula is C12H11ClF3N5OS. The minimum Gasteiger partial charge on any atom is -0.322 e. The quantitative estimate of drug-likeness (QED) is 0.666. The van der Waals surface area contributed by atoms with E-state index in [9.17, 15) is 18.0 Å². The summed E-state index contributed by atoms with van der Waals surface area (Å²) < 4.78 is 38.8. The maximum absolute atomic E-state index is 12.7. The van der Waals surface area contributed by atoms with Crippen molar-refractivity contribution in [2.24, 2.45) is 7.05 Å². The normalized spacial score (nSPS) is 13.0. The molecule has 0 aliphatic rings. The van der Waals surface area contributed by atoms with Crippen LogP contribution in [0.25, 0.3) is 0 Å². The van der Waals surface area contributed by atoms with Crippen LogP contribution in [-0.4, -0.2) is 30.9 Å². The Bertz CT molecular complexity index is 721. The summed E-state index contributed by atoms with van der Waals surface area (Å²) in [4.78, 5) is 15.9. The van der Waals surface area contributed by atoms with Crippen molar-refractivity contribution in [3.05, 3.63) is 29.3 Å². The average Bonchev–Trinajstić information content (AvgIpc) is 2.82. The monoisotopic (exact) mass is 365 g/mol. The van der Waals surface area contributed by atoms with Gasteiger partial charge < -0.3 is 9.88 Å². The SMILES string of the molecule is C[C@H](Sc1nnc(C(F)(F)F)n1C)C(=O)Nc1cccnc1Cl. The fraction of sp³-hybridized carbons (Fsp3) is 0.333. The van der Waals surface area contributed by atoms with Gasteiger partial charge in [0.25, 0.3) is 0 Å². The zero-order chi connectivity index (χ0) is 17.2. The molecule has 2 heterocycles. The third-order valence-corrected chi connectivity index (χ3v) is 4.19. The first-order valence-electron chi connectivity index (χ1n) is 6.24. The van der Waals surface area contributed by atoms with Crippen LogP contribution in [0.4, 0.5) is 18.9 Å². The first-order chi connectivity index (χ1) is 10.7. The minimum absolute atomic E-state index is 0.0164. The molecule has 0 aliphatic carbocycles. The second-order valence-electron chi connectivity index (χ2n) is 4.45. The lowest BCUT2D eigenvalue weighted by molar-refractivity contribution is -0.147. The van der Waals surface area contributed by atoms with Crippen LogP contribution in [0.1, 0.15) is 12.7 Å². The first-order valence-corrected chi connectivity index (χ1v) is 7.50. The number of amides is 1. The number of anilines is 1. The van der Waals surface area contributed by atoms with Crippen LogP contribution >= 0.6 is 23.4 Å². The predicted molar refractivity (Wildman–Crippen MR) is 79.2 cm³/mol. The van der Waals surface area contributed by atoms with E-state index in [1.807, 2.05) is 0 Å².